The summed E-state index contributed by atoms with van der Waals surface area (Å²) in [5, 5.41) is 11.1. The SMILES string of the molecule is CCOc1ccc(C(O)c2ccc(C)c(Cl)c2)c(Br)c1. The third-order valence-corrected chi connectivity index (χ3v) is 4.18. The van der Waals surface area contributed by atoms with Crippen LogP contribution in [0.4, 0.5) is 0 Å². The summed E-state index contributed by atoms with van der Waals surface area (Å²) in [5.41, 5.74) is 2.55. The highest BCUT2D eigenvalue weighted by Gasteiger charge is 2.15. The van der Waals surface area contributed by atoms with Gasteiger partial charge < -0.3 is 9.84 Å². The van der Waals surface area contributed by atoms with Crippen molar-refractivity contribution < 1.29 is 9.84 Å². The second kappa shape index (κ2) is 6.61. The summed E-state index contributed by atoms with van der Waals surface area (Å²) >= 11 is 9.58. The molecule has 0 bridgehead atoms. The van der Waals surface area contributed by atoms with Gasteiger partial charge in [-0.2, -0.15) is 0 Å². The Labute approximate surface area is 132 Å². The van der Waals surface area contributed by atoms with Crippen LogP contribution in [0.1, 0.15) is 29.7 Å². The van der Waals surface area contributed by atoms with Crippen molar-refractivity contribution in [3.05, 3.63) is 62.6 Å². The maximum atomic E-state index is 10.5. The number of ether oxygens (including phenoxy) is 1. The summed E-state index contributed by atoms with van der Waals surface area (Å²) in [6.07, 6.45) is -0.724. The lowest BCUT2D eigenvalue weighted by molar-refractivity contribution is 0.219. The summed E-state index contributed by atoms with van der Waals surface area (Å²) in [5.74, 6) is 0.775. The molecule has 0 aliphatic carbocycles. The molecular weight excluding hydrogens is 340 g/mol. The maximum Gasteiger partial charge on any atom is 0.120 e. The lowest BCUT2D eigenvalue weighted by Gasteiger charge is -2.15. The Morgan fingerprint density at radius 3 is 2.60 bits per heavy atom. The summed E-state index contributed by atoms with van der Waals surface area (Å²) < 4.78 is 6.24. The number of aliphatic hydroxyl groups excluding tert-OH is 1. The van der Waals surface area contributed by atoms with Gasteiger partial charge in [0.05, 0.1) is 6.61 Å². The molecule has 2 aromatic rings. The molecule has 20 heavy (non-hydrogen) atoms. The van der Waals surface area contributed by atoms with Crippen LogP contribution in [0.25, 0.3) is 0 Å². The lowest BCUT2D eigenvalue weighted by Crippen LogP contribution is -2.02. The van der Waals surface area contributed by atoms with Crippen molar-refractivity contribution in [3.8, 4) is 5.75 Å². The Hall–Kier alpha value is -1.03. The van der Waals surface area contributed by atoms with E-state index in [2.05, 4.69) is 15.9 Å². The molecule has 1 atom stereocenters. The van der Waals surface area contributed by atoms with Gasteiger partial charge in [0.15, 0.2) is 0 Å². The predicted molar refractivity (Wildman–Crippen MR) is 85.6 cm³/mol. The first-order valence-corrected chi connectivity index (χ1v) is 7.56. The molecule has 0 saturated heterocycles. The quantitative estimate of drug-likeness (QED) is 0.846. The van der Waals surface area contributed by atoms with Crippen molar-refractivity contribution in [1.29, 1.82) is 0 Å². The van der Waals surface area contributed by atoms with E-state index in [0.717, 1.165) is 26.9 Å². The zero-order valence-corrected chi connectivity index (χ0v) is 13.7. The molecule has 106 valence electrons. The number of aliphatic hydroxyl groups is 1. The average Bonchev–Trinajstić information content (AvgIpc) is 2.42. The second-order valence-electron chi connectivity index (χ2n) is 4.53. The van der Waals surface area contributed by atoms with Gasteiger partial charge in [-0.1, -0.05) is 45.7 Å². The molecule has 2 aromatic carbocycles. The van der Waals surface area contributed by atoms with Crippen molar-refractivity contribution in [1.82, 2.24) is 0 Å². The minimum Gasteiger partial charge on any atom is -0.494 e. The molecule has 0 aliphatic rings. The number of benzene rings is 2. The Kier molecular flexibility index (Phi) is 5.08. The van der Waals surface area contributed by atoms with E-state index in [0.29, 0.717) is 11.6 Å². The molecule has 2 rings (SSSR count). The summed E-state index contributed by atoms with van der Waals surface area (Å²) in [7, 11) is 0. The molecule has 4 heteroatoms. The van der Waals surface area contributed by atoms with E-state index in [-0.39, 0.29) is 0 Å². The fourth-order valence-electron chi connectivity index (χ4n) is 1.94. The van der Waals surface area contributed by atoms with Gasteiger partial charge in [0, 0.05) is 9.50 Å². The fraction of sp³-hybridized carbons (Fsp3) is 0.250. The van der Waals surface area contributed by atoms with Gasteiger partial charge >= 0.3 is 0 Å². The zero-order chi connectivity index (χ0) is 14.7. The Balaban J connectivity index is 2.32. The molecule has 0 spiro atoms. The van der Waals surface area contributed by atoms with Crippen molar-refractivity contribution >= 4 is 27.5 Å². The number of rotatable bonds is 4. The lowest BCUT2D eigenvalue weighted by atomic mass is 10.0. The van der Waals surface area contributed by atoms with Gasteiger partial charge in [-0.05, 0) is 48.7 Å². The largest absolute Gasteiger partial charge is 0.494 e. The first-order valence-electron chi connectivity index (χ1n) is 6.39. The van der Waals surface area contributed by atoms with Crippen LogP contribution < -0.4 is 4.74 Å². The van der Waals surface area contributed by atoms with Gasteiger partial charge in [0.1, 0.15) is 11.9 Å². The fourth-order valence-corrected chi connectivity index (χ4v) is 2.71. The Morgan fingerprint density at radius 2 is 2.00 bits per heavy atom. The second-order valence-corrected chi connectivity index (χ2v) is 5.79. The van der Waals surface area contributed by atoms with E-state index in [1.54, 1.807) is 6.07 Å². The highest BCUT2D eigenvalue weighted by molar-refractivity contribution is 9.10. The van der Waals surface area contributed by atoms with Gasteiger partial charge in [-0.15, -0.1) is 0 Å². The topological polar surface area (TPSA) is 29.5 Å². The van der Waals surface area contributed by atoms with Crippen molar-refractivity contribution in [2.24, 2.45) is 0 Å². The molecule has 0 heterocycles. The molecule has 0 aromatic heterocycles. The average molecular weight is 356 g/mol. The summed E-state index contributed by atoms with van der Waals surface area (Å²) in [6.45, 7) is 4.48. The molecule has 1 unspecified atom stereocenters. The number of hydrogen-bond acceptors (Lipinski definition) is 2. The molecule has 0 radical (unpaired) electrons. The van der Waals surface area contributed by atoms with Crippen LogP contribution in [-0.4, -0.2) is 11.7 Å². The highest BCUT2D eigenvalue weighted by Crippen LogP contribution is 2.32. The van der Waals surface area contributed by atoms with Crippen LogP contribution in [0, 0.1) is 6.92 Å². The van der Waals surface area contributed by atoms with Crippen LogP contribution >= 0.6 is 27.5 Å². The van der Waals surface area contributed by atoms with Crippen molar-refractivity contribution in [3.63, 3.8) is 0 Å². The minimum absolute atomic E-state index is 0.613. The molecule has 0 amide bonds. The Bertz CT molecular complexity index is 613. The number of aryl methyl sites for hydroxylation is 1. The molecule has 1 N–H and O–H groups in total. The van der Waals surface area contributed by atoms with E-state index < -0.39 is 6.10 Å². The minimum atomic E-state index is -0.724. The third kappa shape index (κ3) is 3.35. The standard InChI is InChI=1S/C16H16BrClO2/c1-3-20-12-6-7-13(14(17)9-12)16(19)11-5-4-10(2)15(18)8-11/h4-9,16,19H,3H2,1-2H3. The van der Waals surface area contributed by atoms with E-state index in [1.807, 2.05) is 44.2 Å². The maximum absolute atomic E-state index is 10.5. The predicted octanol–water partition coefficient (Wildman–Crippen LogP) is 4.89. The van der Waals surface area contributed by atoms with E-state index in [4.69, 9.17) is 16.3 Å². The van der Waals surface area contributed by atoms with Crippen LogP contribution in [-0.2, 0) is 0 Å². The molecule has 0 saturated carbocycles. The molecule has 2 nitrogen and oxygen atoms in total. The van der Waals surface area contributed by atoms with Crippen LogP contribution in [0.5, 0.6) is 5.75 Å². The van der Waals surface area contributed by atoms with Crippen LogP contribution in [0.2, 0.25) is 5.02 Å². The van der Waals surface area contributed by atoms with Gasteiger partial charge in [-0.3, -0.25) is 0 Å². The normalized spacial score (nSPS) is 12.2. The van der Waals surface area contributed by atoms with Gasteiger partial charge in [0.2, 0.25) is 0 Å². The molecule has 0 fully saturated rings. The monoisotopic (exact) mass is 354 g/mol. The summed E-state index contributed by atoms with van der Waals surface area (Å²) in [4.78, 5) is 0. The highest BCUT2D eigenvalue weighted by atomic mass is 79.9. The van der Waals surface area contributed by atoms with Crippen molar-refractivity contribution in [2.45, 2.75) is 20.0 Å². The van der Waals surface area contributed by atoms with Gasteiger partial charge in [-0.25, -0.2) is 0 Å². The third-order valence-electron chi connectivity index (χ3n) is 3.09. The van der Waals surface area contributed by atoms with E-state index >= 15 is 0 Å². The van der Waals surface area contributed by atoms with Crippen LogP contribution in [0.3, 0.4) is 0 Å². The first-order chi connectivity index (χ1) is 9.52. The smallest absolute Gasteiger partial charge is 0.120 e. The van der Waals surface area contributed by atoms with E-state index in [1.165, 1.54) is 0 Å². The van der Waals surface area contributed by atoms with E-state index in [9.17, 15) is 5.11 Å². The molecular formula is C16H16BrClO2. The van der Waals surface area contributed by atoms with Crippen molar-refractivity contribution in [2.75, 3.05) is 6.61 Å². The number of halogens is 2. The van der Waals surface area contributed by atoms with Crippen LogP contribution in [0.15, 0.2) is 40.9 Å². The zero-order valence-electron chi connectivity index (χ0n) is 11.4. The first kappa shape index (κ1) is 15.4. The number of hydrogen-bond donors (Lipinski definition) is 1. The summed E-state index contributed by atoms with van der Waals surface area (Å²) in [6, 6.07) is 11.1. The van der Waals surface area contributed by atoms with Gasteiger partial charge in [0.25, 0.3) is 0 Å². The molecule has 0 aliphatic heterocycles. The Morgan fingerprint density at radius 1 is 1.25 bits per heavy atom.